The number of hydrogen-bond donors (Lipinski definition) is 8. The third-order valence-electron chi connectivity index (χ3n) is 6.03. The summed E-state index contributed by atoms with van der Waals surface area (Å²) in [7, 11) is 0. The minimum Gasteiger partial charge on any atom is -0.330 e. The van der Waals surface area contributed by atoms with Gasteiger partial charge in [-0.15, -0.1) is 0 Å². The fourth-order valence-electron chi connectivity index (χ4n) is 4.15. The second-order valence-corrected chi connectivity index (χ2v) is 9.18. The van der Waals surface area contributed by atoms with Crippen molar-refractivity contribution in [2.24, 2.45) is 22.9 Å². The summed E-state index contributed by atoms with van der Waals surface area (Å²) in [5, 5.41) is 14.3. The quantitative estimate of drug-likeness (QED) is 0.0970. The molecular weight excluding hydrogens is 424 g/mol. The molecule has 0 fully saturated rings. The summed E-state index contributed by atoms with van der Waals surface area (Å²) < 4.78 is 0. The summed E-state index contributed by atoms with van der Waals surface area (Å²) in [5.74, 6) is 0. The van der Waals surface area contributed by atoms with E-state index in [2.05, 4.69) is 45.5 Å². The highest BCUT2D eigenvalue weighted by atomic mass is 14.9. The topological polar surface area (TPSA) is 152 Å². The van der Waals surface area contributed by atoms with Crippen molar-refractivity contribution in [3.8, 4) is 0 Å². The summed E-state index contributed by atoms with van der Waals surface area (Å²) >= 11 is 0. The third-order valence-corrected chi connectivity index (χ3v) is 6.03. The molecule has 1 aromatic rings. The lowest BCUT2D eigenvalue weighted by Crippen LogP contribution is -2.36. The molecule has 12 N–H and O–H groups in total. The van der Waals surface area contributed by atoms with E-state index < -0.39 is 0 Å². The first-order valence-corrected chi connectivity index (χ1v) is 13.5. The molecule has 0 heterocycles. The van der Waals surface area contributed by atoms with Crippen LogP contribution in [0, 0.1) is 0 Å². The maximum Gasteiger partial charge on any atom is 0.0119 e. The Labute approximate surface area is 208 Å². The molecule has 0 spiro atoms. The molecule has 0 aliphatic carbocycles. The summed E-state index contributed by atoms with van der Waals surface area (Å²) in [5.41, 5.74) is 25.6. The van der Waals surface area contributed by atoms with Crippen molar-refractivity contribution in [2.45, 2.75) is 63.5 Å². The molecule has 1 aromatic carbocycles. The van der Waals surface area contributed by atoms with Crippen LogP contribution in [0.15, 0.2) is 24.3 Å². The second kappa shape index (κ2) is 22.4. The Morgan fingerprint density at radius 3 is 1.41 bits per heavy atom. The average molecular weight is 479 g/mol. The SMILES string of the molecule is NCCCNCCCNC(CCN)Cc1cccc(CC(CCN)NCCCNCCCN)c1. The van der Waals surface area contributed by atoms with E-state index in [0.29, 0.717) is 25.2 Å². The molecular formula is C26H54N8. The fraction of sp³-hybridized carbons (Fsp3) is 0.769. The standard InChI is InChI=1S/C26H54N8/c27-10-2-14-31-16-4-18-33-25(8-12-29)21-23-6-1-7-24(20-23)22-26(9-13-30)34-19-5-17-32-15-3-11-28/h1,6-7,20,25-26,31-34H,2-5,8-19,21-22,27-30H2. The van der Waals surface area contributed by atoms with Crippen LogP contribution in [0.4, 0.5) is 0 Å². The fourth-order valence-corrected chi connectivity index (χ4v) is 4.15. The Hall–Kier alpha value is -1.10. The van der Waals surface area contributed by atoms with Gasteiger partial charge in [-0.05, 0) is 128 Å². The summed E-state index contributed by atoms with van der Waals surface area (Å²) in [6.45, 7) is 8.97. The highest BCUT2D eigenvalue weighted by Crippen LogP contribution is 2.12. The molecule has 0 aromatic heterocycles. The zero-order valence-electron chi connectivity index (χ0n) is 21.5. The molecule has 0 saturated heterocycles. The Morgan fingerprint density at radius 1 is 0.559 bits per heavy atom. The molecule has 1 rings (SSSR count). The molecule has 0 aliphatic heterocycles. The van der Waals surface area contributed by atoms with Crippen LogP contribution in [0.25, 0.3) is 0 Å². The van der Waals surface area contributed by atoms with Gasteiger partial charge in [-0.25, -0.2) is 0 Å². The van der Waals surface area contributed by atoms with Gasteiger partial charge in [-0.1, -0.05) is 24.3 Å². The number of nitrogens with two attached hydrogens (primary N) is 4. The molecule has 0 saturated carbocycles. The van der Waals surface area contributed by atoms with E-state index >= 15 is 0 Å². The van der Waals surface area contributed by atoms with E-state index in [1.807, 2.05) is 0 Å². The average Bonchev–Trinajstić information content (AvgIpc) is 2.83. The van der Waals surface area contributed by atoms with Crippen molar-refractivity contribution >= 4 is 0 Å². The van der Waals surface area contributed by atoms with Crippen molar-refractivity contribution in [3.05, 3.63) is 35.4 Å². The van der Waals surface area contributed by atoms with Gasteiger partial charge in [-0.3, -0.25) is 0 Å². The minimum absolute atomic E-state index is 0.411. The Bertz CT molecular complexity index is 526. The predicted octanol–water partition coefficient (Wildman–Crippen LogP) is 0.0426. The third kappa shape index (κ3) is 16.5. The lowest BCUT2D eigenvalue weighted by Gasteiger charge is -2.21. The number of rotatable bonds is 24. The Morgan fingerprint density at radius 2 is 1.00 bits per heavy atom. The lowest BCUT2D eigenvalue weighted by molar-refractivity contribution is 0.466. The van der Waals surface area contributed by atoms with E-state index in [4.69, 9.17) is 22.9 Å². The van der Waals surface area contributed by atoms with Crippen molar-refractivity contribution < 1.29 is 0 Å². The Kier molecular flexibility index (Phi) is 20.3. The first-order valence-electron chi connectivity index (χ1n) is 13.5. The van der Waals surface area contributed by atoms with E-state index in [1.165, 1.54) is 11.1 Å². The van der Waals surface area contributed by atoms with Crippen molar-refractivity contribution in [1.29, 1.82) is 0 Å². The largest absolute Gasteiger partial charge is 0.330 e. The van der Waals surface area contributed by atoms with Crippen molar-refractivity contribution in [1.82, 2.24) is 21.3 Å². The second-order valence-electron chi connectivity index (χ2n) is 9.18. The van der Waals surface area contributed by atoms with Gasteiger partial charge in [0.15, 0.2) is 0 Å². The van der Waals surface area contributed by atoms with Gasteiger partial charge in [0.05, 0.1) is 0 Å². The molecule has 198 valence electrons. The normalized spacial score (nSPS) is 13.3. The van der Waals surface area contributed by atoms with Gasteiger partial charge in [0.1, 0.15) is 0 Å². The zero-order valence-corrected chi connectivity index (χ0v) is 21.5. The molecule has 0 amide bonds. The van der Waals surface area contributed by atoms with Crippen molar-refractivity contribution in [3.63, 3.8) is 0 Å². The maximum absolute atomic E-state index is 5.90. The lowest BCUT2D eigenvalue weighted by atomic mass is 9.97. The molecule has 8 nitrogen and oxygen atoms in total. The summed E-state index contributed by atoms with van der Waals surface area (Å²) in [6, 6.07) is 9.84. The van der Waals surface area contributed by atoms with Crippen molar-refractivity contribution in [2.75, 3.05) is 65.4 Å². The molecule has 0 bridgehead atoms. The van der Waals surface area contributed by atoms with Gasteiger partial charge in [-0.2, -0.15) is 0 Å². The maximum atomic E-state index is 5.90. The zero-order chi connectivity index (χ0) is 24.7. The molecule has 8 heteroatoms. The molecule has 0 radical (unpaired) electrons. The van der Waals surface area contributed by atoms with Crippen LogP contribution in [-0.4, -0.2) is 77.5 Å². The van der Waals surface area contributed by atoms with Crippen LogP contribution < -0.4 is 44.2 Å². The predicted molar refractivity (Wildman–Crippen MR) is 147 cm³/mol. The molecule has 34 heavy (non-hydrogen) atoms. The highest BCUT2D eigenvalue weighted by molar-refractivity contribution is 5.25. The van der Waals surface area contributed by atoms with E-state index in [1.54, 1.807) is 0 Å². The van der Waals surface area contributed by atoms with Crippen LogP contribution >= 0.6 is 0 Å². The first-order chi connectivity index (χ1) is 16.7. The van der Waals surface area contributed by atoms with E-state index in [-0.39, 0.29) is 0 Å². The van der Waals surface area contributed by atoms with E-state index in [0.717, 1.165) is 104 Å². The summed E-state index contributed by atoms with van der Waals surface area (Å²) in [6.07, 6.45) is 8.29. The van der Waals surface area contributed by atoms with Crippen LogP contribution in [0.2, 0.25) is 0 Å². The van der Waals surface area contributed by atoms with Crippen LogP contribution in [0.5, 0.6) is 0 Å². The number of nitrogens with one attached hydrogen (secondary N) is 4. The highest BCUT2D eigenvalue weighted by Gasteiger charge is 2.11. The van der Waals surface area contributed by atoms with Gasteiger partial charge in [0.25, 0.3) is 0 Å². The van der Waals surface area contributed by atoms with Gasteiger partial charge < -0.3 is 44.2 Å². The summed E-state index contributed by atoms with van der Waals surface area (Å²) in [4.78, 5) is 0. The van der Waals surface area contributed by atoms with Crippen LogP contribution in [-0.2, 0) is 12.8 Å². The first kappa shape index (κ1) is 30.9. The molecule has 0 aliphatic rings. The molecule has 2 atom stereocenters. The minimum atomic E-state index is 0.411. The van der Waals surface area contributed by atoms with E-state index in [9.17, 15) is 0 Å². The van der Waals surface area contributed by atoms with Gasteiger partial charge >= 0.3 is 0 Å². The van der Waals surface area contributed by atoms with Gasteiger partial charge in [0, 0.05) is 12.1 Å². The smallest absolute Gasteiger partial charge is 0.0119 e. The van der Waals surface area contributed by atoms with Gasteiger partial charge in [0.2, 0.25) is 0 Å². The number of benzene rings is 1. The van der Waals surface area contributed by atoms with Crippen LogP contribution in [0.3, 0.4) is 0 Å². The molecule has 2 unspecified atom stereocenters. The Balaban J connectivity index is 2.44. The van der Waals surface area contributed by atoms with Crippen LogP contribution in [0.1, 0.15) is 49.7 Å². The number of hydrogen-bond acceptors (Lipinski definition) is 8. The monoisotopic (exact) mass is 478 g/mol.